The van der Waals surface area contributed by atoms with Gasteiger partial charge in [0.2, 0.25) is 11.7 Å². The van der Waals surface area contributed by atoms with Crippen molar-refractivity contribution in [1.82, 2.24) is 29.7 Å². The van der Waals surface area contributed by atoms with Crippen molar-refractivity contribution in [3.05, 3.63) is 130 Å². The van der Waals surface area contributed by atoms with Gasteiger partial charge in [0.25, 0.3) is 11.8 Å². The zero-order valence-corrected chi connectivity index (χ0v) is 31.9. The molecule has 2 aliphatic rings. The third-order valence-electron chi connectivity index (χ3n) is 11.1. The molecule has 4 amide bonds. The lowest BCUT2D eigenvalue weighted by Gasteiger charge is -2.35. The van der Waals surface area contributed by atoms with Gasteiger partial charge in [-0.05, 0) is 81.5 Å². The number of carbonyl (C=O) groups excluding carboxylic acids is 5. The fourth-order valence-corrected chi connectivity index (χ4v) is 8.39. The van der Waals surface area contributed by atoms with Gasteiger partial charge in [-0.2, -0.15) is 0 Å². The summed E-state index contributed by atoms with van der Waals surface area (Å²) in [6.07, 6.45) is -0.595. The molecule has 0 bridgehead atoms. The highest BCUT2D eigenvalue weighted by atomic mass is 16.6. The summed E-state index contributed by atoms with van der Waals surface area (Å²) in [7, 11) is 0. The second-order valence-corrected chi connectivity index (χ2v) is 14.9. The number of nitrogens with one attached hydrogen (secondary N) is 2. The Morgan fingerprint density at radius 3 is 1.86 bits per heavy atom. The van der Waals surface area contributed by atoms with Crippen LogP contribution in [0.4, 0.5) is 9.59 Å². The lowest BCUT2D eigenvalue weighted by Crippen LogP contribution is -2.48. The van der Waals surface area contributed by atoms with Gasteiger partial charge in [0.15, 0.2) is 5.78 Å². The van der Waals surface area contributed by atoms with Crippen LogP contribution in [-0.2, 0) is 24.7 Å². The van der Waals surface area contributed by atoms with Gasteiger partial charge in [-0.3, -0.25) is 14.4 Å². The number of aromatic amines is 2. The molecule has 2 fully saturated rings. The predicted molar refractivity (Wildman–Crippen MR) is 212 cm³/mol. The second kappa shape index (κ2) is 15.1. The Kier molecular flexibility index (Phi) is 9.89. The van der Waals surface area contributed by atoms with Crippen LogP contribution in [0.2, 0.25) is 0 Å². The van der Waals surface area contributed by atoms with E-state index in [2.05, 4.69) is 9.97 Å². The van der Waals surface area contributed by atoms with Crippen LogP contribution in [0.1, 0.15) is 95.1 Å². The molecular formula is C43H42N8O7. The van der Waals surface area contributed by atoms with Crippen LogP contribution in [0.5, 0.6) is 0 Å². The van der Waals surface area contributed by atoms with Gasteiger partial charge < -0.3 is 40.7 Å². The van der Waals surface area contributed by atoms with Gasteiger partial charge in [-0.25, -0.2) is 19.6 Å². The molecule has 0 radical (unpaired) electrons. The number of fused-ring (bicyclic) bond motifs is 2. The first-order chi connectivity index (χ1) is 27.9. The van der Waals surface area contributed by atoms with Crippen LogP contribution >= 0.6 is 0 Å². The number of hydrogen-bond acceptors (Lipinski definition) is 9. The van der Waals surface area contributed by atoms with Crippen molar-refractivity contribution in [3.8, 4) is 0 Å². The van der Waals surface area contributed by atoms with Crippen LogP contribution in [0, 0.1) is 6.92 Å². The molecule has 2 aromatic heterocycles. The maximum atomic E-state index is 14.2. The first kappa shape index (κ1) is 37.9. The number of nitrogens with zero attached hydrogens (tertiary/aromatic N) is 4. The van der Waals surface area contributed by atoms with Crippen LogP contribution < -0.4 is 11.5 Å². The summed E-state index contributed by atoms with van der Waals surface area (Å²) in [6.45, 7) is 4.28. The highest BCUT2D eigenvalue weighted by Crippen LogP contribution is 2.39. The summed E-state index contributed by atoms with van der Waals surface area (Å²) in [4.78, 5) is 85.4. The smallest absolute Gasteiger partial charge is 0.405 e. The number of aromatic nitrogens is 4. The van der Waals surface area contributed by atoms with E-state index < -0.39 is 47.8 Å². The summed E-state index contributed by atoms with van der Waals surface area (Å²) >= 11 is 0. The Hall–Kier alpha value is -7.03. The third kappa shape index (κ3) is 6.99. The lowest BCUT2D eigenvalue weighted by molar-refractivity contribution is -0.152. The first-order valence-corrected chi connectivity index (χ1v) is 19.1. The largest absolute Gasteiger partial charge is 0.431 e. The molecule has 4 atom stereocenters. The zero-order chi connectivity index (χ0) is 40.7. The number of imidazole rings is 2. The molecule has 0 aliphatic carbocycles. The Labute approximate surface area is 332 Å². The van der Waals surface area contributed by atoms with Crippen molar-refractivity contribution >= 4 is 51.9 Å². The van der Waals surface area contributed by atoms with Crippen molar-refractivity contribution in [1.29, 1.82) is 0 Å². The number of primary amides is 2. The SMILES string of the molecule is Cc1ccccc1[C@@](C)(OC(N)=O)C(=O)N1CCCC1c1nc2ccc(C(=O)c3ccc4nc(C5CCCN5C(=O)[C@H](OC(N)=O)c5ccccc5)[nH]c4c3)cc2[nH]1. The third-order valence-corrected chi connectivity index (χ3v) is 11.1. The van der Waals surface area contributed by atoms with E-state index in [4.69, 9.17) is 30.9 Å². The average molecular weight is 783 g/mol. The molecule has 2 aliphatic heterocycles. The molecular weight excluding hydrogens is 741 g/mol. The fourth-order valence-electron chi connectivity index (χ4n) is 8.39. The minimum Gasteiger partial charge on any atom is -0.431 e. The quantitative estimate of drug-likeness (QED) is 0.117. The molecule has 8 rings (SSSR count). The van der Waals surface area contributed by atoms with Gasteiger partial charge >= 0.3 is 12.2 Å². The summed E-state index contributed by atoms with van der Waals surface area (Å²) in [5, 5.41) is 0. The molecule has 4 aromatic carbocycles. The van der Waals surface area contributed by atoms with E-state index in [1.165, 1.54) is 0 Å². The van der Waals surface area contributed by atoms with Crippen molar-refractivity contribution in [3.63, 3.8) is 0 Å². The number of ketones is 1. The van der Waals surface area contributed by atoms with Gasteiger partial charge in [0.1, 0.15) is 11.6 Å². The Morgan fingerprint density at radius 2 is 1.29 bits per heavy atom. The second-order valence-electron chi connectivity index (χ2n) is 14.9. The highest BCUT2D eigenvalue weighted by molar-refractivity contribution is 6.11. The van der Waals surface area contributed by atoms with Crippen molar-refractivity contribution in [2.24, 2.45) is 11.5 Å². The lowest BCUT2D eigenvalue weighted by atomic mass is 9.90. The van der Waals surface area contributed by atoms with E-state index in [0.717, 1.165) is 12.0 Å². The molecule has 58 heavy (non-hydrogen) atoms. The molecule has 0 saturated carbocycles. The highest BCUT2D eigenvalue weighted by Gasteiger charge is 2.47. The fraction of sp³-hybridized carbons (Fsp3) is 0.279. The number of hydrogen-bond donors (Lipinski definition) is 4. The molecule has 296 valence electrons. The zero-order valence-electron chi connectivity index (χ0n) is 31.9. The molecule has 0 spiro atoms. The standard InChI is InChI=1S/C43H42N8O7/c1-24-10-6-7-13-28(24)43(2,58-42(45)56)40(54)51-21-9-15-34(51)38-47-30-19-17-27(23-32(30)49-38)35(52)26-16-18-29-31(22-26)48-37(46-29)33-14-8-20-50(33)39(53)36(57-41(44)55)25-11-4-3-5-12-25/h3-7,10-13,16-19,22-23,33-34,36H,8-9,14-15,20-21H2,1-2H3,(H2,44,55)(H2,45,56)(H,46,48)(H,47,49)/t33?,34?,36-,43-/m1/s1. The van der Waals surface area contributed by atoms with E-state index >= 15 is 0 Å². The number of ether oxygens (including phenoxy) is 2. The van der Waals surface area contributed by atoms with Crippen LogP contribution in [0.25, 0.3) is 22.1 Å². The summed E-state index contributed by atoms with van der Waals surface area (Å²) < 4.78 is 10.8. The first-order valence-electron chi connectivity index (χ1n) is 19.1. The summed E-state index contributed by atoms with van der Waals surface area (Å²) in [5.41, 5.74) is 14.4. The molecule has 2 unspecified atom stereocenters. The molecule has 2 saturated heterocycles. The minimum atomic E-state index is -1.65. The topological polar surface area (TPSA) is 220 Å². The number of H-pyrrole nitrogens is 2. The number of carbonyl (C=O) groups is 5. The Morgan fingerprint density at radius 1 is 0.741 bits per heavy atom. The van der Waals surface area contributed by atoms with E-state index in [-0.39, 0.29) is 5.78 Å². The summed E-state index contributed by atoms with van der Waals surface area (Å²) in [6, 6.07) is 25.5. The van der Waals surface area contributed by atoms with Crippen molar-refractivity contribution in [2.45, 2.75) is 63.3 Å². The molecule has 6 aromatic rings. The van der Waals surface area contributed by atoms with Crippen LogP contribution in [0.15, 0.2) is 91.0 Å². The molecule has 15 heteroatoms. The van der Waals surface area contributed by atoms with E-state index in [0.29, 0.717) is 88.3 Å². The number of nitrogens with two attached hydrogens (primary N) is 2. The monoisotopic (exact) mass is 782 g/mol. The van der Waals surface area contributed by atoms with Crippen molar-refractivity contribution in [2.75, 3.05) is 13.1 Å². The van der Waals surface area contributed by atoms with Crippen LogP contribution in [-0.4, -0.2) is 72.6 Å². The Balaban J connectivity index is 1.02. The van der Waals surface area contributed by atoms with Gasteiger partial charge in [-0.1, -0.05) is 54.6 Å². The maximum Gasteiger partial charge on any atom is 0.405 e. The van der Waals surface area contributed by atoms with Crippen molar-refractivity contribution < 1.29 is 33.4 Å². The van der Waals surface area contributed by atoms with E-state index in [9.17, 15) is 24.0 Å². The summed E-state index contributed by atoms with van der Waals surface area (Å²) in [5.74, 6) is 0.0866. The molecule has 15 nitrogen and oxygen atoms in total. The van der Waals surface area contributed by atoms with Gasteiger partial charge in [0, 0.05) is 35.3 Å². The van der Waals surface area contributed by atoms with E-state index in [1.54, 1.807) is 95.6 Å². The van der Waals surface area contributed by atoms with Gasteiger partial charge in [0.05, 0.1) is 34.2 Å². The number of amides is 4. The molecule has 6 N–H and O–H groups in total. The Bertz CT molecular complexity index is 2590. The normalized spacial score (nSPS) is 18.2. The molecule has 4 heterocycles. The number of likely N-dealkylation sites (tertiary alicyclic amines) is 2. The van der Waals surface area contributed by atoms with Crippen LogP contribution in [0.3, 0.4) is 0 Å². The number of benzene rings is 4. The minimum absolute atomic E-state index is 0.224. The van der Waals surface area contributed by atoms with Gasteiger partial charge in [-0.15, -0.1) is 0 Å². The average Bonchev–Trinajstić information content (AvgIpc) is 4.04. The van der Waals surface area contributed by atoms with E-state index in [1.807, 2.05) is 19.1 Å². The predicted octanol–water partition coefficient (Wildman–Crippen LogP) is 6.15. The number of rotatable bonds is 10. The number of aryl methyl sites for hydroxylation is 1. The maximum absolute atomic E-state index is 14.2.